The molecule has 3 aromatic rings. The predicted octanol–water partition coefficient (Wildman–Crippen LogP) is 5.96. The summed E-state index contributed by atoms with van der Waals surface area (Å²) < 4.78 is 26.1. The molecule has 6 nitrogen and oxygen atoms in total. The lowest BCUT2D eigenvalue weighted by Gasteiger charge is -2.30. The first-order valence-corrected chi connectivity index (χ1v) is 14.4. The molecular weight excluding hydrogens is 566 g/mol. The van der Waals surface area contributed by atoms with E-state index in [-0.39, 0.29) is 5.82 Å². The van der Waals surface area contributed by atoms with Crippen molar-refractivity contribution in [1.29, 1.82) is 0 Å². The van der Waals surface area contributed by atoms with Gasteiger partial charge in [0.1, 0.15) is 18.0 Å². The van der Waals surface area contributed by atoms with Crippen molar-refractivity contribution in [2.45, 2.75) is 19.8 Å². The lowest BCUT2D eigenvalue weighted by Crippen LogP contribution is -2.35. The molecule has 2 heterocycles. The third-order valence-electron chi connectivity index (χ3n) is 5.89. The van der Waals surface area contributed by atoms with Gasteiger partial charge in [-0.15, -0.1) is 0 Å². The SMILES string of the molecule is COc1cc2c(Nc3ccc(C)cc3F)ncnc2cc1OCC1CCN(CC#CSI)CC1. The summed E-state index contributed by atoms with van der Waals surface area (Å²) in [6.45, 7) is 5.35. The van der Waals surface area contributed by atoms with E-state index >= 15 is 0 Å². The molecule has 0 radical (unpaired) electrons. The summed E-state index contributed by atoms with van der Waals surface area (Å²) >= 11 is 2.19. The van der Waals surface area contributed by atoms with E-state index in [0.717, 1.165) is 43.4 Å². The highest BCUT2D eigenvalue weighted by Crippen LogP contribution is 2.35. The Balaban J connectivity index is 1.46. The summed E-state index contributed by atoms with van der Waals surface area (Å²) in [5, 5.41) is 6.85. The Labute approximate surface area is 215 Å². The zero-order chi connectivity index (χ0) is 23.9. The van der Waals surface area contributed by atoms with E-state index in [2.05, 4.69) is 52.6 Å². The average Bonchev–Trinajstić information content (AvgIpc) is 2.85. The van der Waals surface area contributed by atoms with Gasteiger partial charge in [-0.25, -0.2) is 14.4 Å². The van der Waals surface area contributed by atoms with E-state index in [0.29, 0.717) is 41.0 Å². The van der Waals surface area contributed by atoms with Gasteiger partial charge in [0.15, 0.2) is 11.5 Å². The van der Waals surface area contributed by atoms with Crippen molar-refractivity contribution in [2.75, 3.05) is 38.7 Å². The van der Waals surface area contributed by atoms with Crippen LogP contribution < -0.4 is 14.8 Å². The standard InChI is InChI=1S/C25H26FIN4O2S/c1-17-4-5-21(20(26)12-17)30-25-19-13-23(32-2)24(14-22(19)28-16-29-25)33-15-18-6-9-31(10-7-18)8-3-11-34-27/h4-5,12-14,16,18H,6-10,15H2,1-2H3,(H,28,29,30). The number of ether oxygens (including phenoxy) is 2. The zero-order valence-corrected chi connectivity index (χ0v) is 22.1. The number of aromatic nitrogens is 2. The minimum Gasteiger partial charge on any atom is -0.493 e. The number of rotatable bonds is 7. The molecule has 0 aliphatic carbocycles. The van der Waals surface area contributed by atoms with Gasteiger partial charge in [-0.1, -0.05) is 12.0 Å². The number of methoxy groups -OCH3 is 1. The second-order valence-corrected chi connectivity index (χ2v) is 9.92. The molecule has 0 unspecified atom stereocenters. The summed E-state index contributed by atoms with van der Waals surface area (Å²) in [5.74, 6) is 5.08. The Morgan fingerprint density at radius 2 is 2.03 bits per heavy atom. The molecule has 0 amide bonds. The fourth-order valence-corrected chi connectivity index (χ4v) is 4.56. The van der Waals surface area contributed by atoms with Gasteiger partial charge < -0.3 is 14.8 Å². The summed E-state index contributed by atoms with van der Waals surface area (Å²) in [5.41, 5.74) is 1.91. The summed E-state index contributed by atoms with van der Waals surface area (Å²) in [7, 11) is 3.13. The van der Waals surface area contributed by atoms with E-state index in [1.165, 1.54) is 21.3 Å². The third kappa shape index (κ3) is 6.23. The highest BCUT2D eigenvalue weighted by Gasteiger charge is 2.20. The number of hydrogen-bond acceptors (Lipinski definition) is 7. The minimum absolute atomic E-state index is 0.333. The average molecular weight is 592 g/mol. The van der Waals surface area contributed by atoms with E-state index in [1.54, 1.807) is 13.2 Å². The number of halogens is 2. The Kier molecular flexibility index (Phi) is 8.69. The number of nitrogens with one attached hydrogen (secondary N) is 1. The van der Waals surface area contributed by atoms with Crippen molar-refractivity contribution in [3.8, 4) is 22.7 Å². The van der Waals surface area contributed by atoms with Crippen LogP contribution in [0.1, 0.15) is 18.4 Å². The van der Waals surface area contributed by atoms with E-state index in [9.17, 15) is 4.39 Å². The first kappa shape index (κ1) is 24.8. The van der Waals surface area contributed by atoms with Crippen LogP contribution in [0.25, 0.3) is 10.9 Å². The quantitative estimate of drug-likeness (QED) is 0.268. The fourth-order valence-electron chi connectivity index (χ4n) is 3.98. The second kappa shape index (κ2) is 11.9. The maximum Gasteiger partial charge on any atom is 0.163 e. The van der Waals surface area contributed by atoms with Gasteiger partial charge in [-0.2, -0.15) is 0 Å². The van der Waals surface area contributed by atoms with Crippen molar-refractivity contribution in [3.63, 3.8) is 0 Å². The number of hydrogen-bond donors (Lipinski definition) is 1. The van der Waals surface area contributed by atoms with Crippen LogP contribution in [0.4, 0.5) is 15.9 Å². The lowest BCUT2D eigenvalue weighted by molar-refractivity contribution is 0.149. The normalized spacial score (nSPS) is 14.5. The molecule has 4 rings (SSSR count). The maximum absolute atomic E-state index is 14.4. The van der Waals surface area contributed by atoms with Crippen molar-refractivity contribution in [1.82, 2.24) is 14.9 Å². The largest absolute Gasteiger partial charge is 0.493 e. The first-order chi connectivity index (χ1) is 16.6. The number of piperidine rings is 1. The monoisotopic (exact) mass is 592 g/mol. The molecule has 0 atom stereocenters. The van der Waals surface area contributed by atoms with Crippen LogP contribution in [0, 0.1) is 29.8 Å². The van der Waals surface area contributed by atoms with Crippen molar-refractivity contribution < 1.29 is 13.9 Å². The second-order valence-electron chi connectivity index (χ2n) is 8.24. The summed E-state index contributed by atoms with van der Waals surface area (Å²) in [6.07, 6.45) is 3.61. The van der Waals surface area contributed by atoms with Crippen LogP contribution in [0.2, 0.25) is 0 Å². The number of benzene rings is 2. The zero-order valence-electron chi connectivity index (χ0n) is 19.1. The topological polar surface area (TPSA) is 59.5 Å². The molecule has 0 bridgehead atoms. The summed E-state index contributed by atoms with van der Waals surface area (Å²) in [4.78, 5) is 11.1. The predicted molar refractivity (Wildman–Crippen MR) is 145 cm³/mol. The van der Waals surface area contributed by atoms with Crippen LogP contribution in [0.3, 0.4) is 0 Å². The van der Waals surface area contributed by atoms with Crippen molar-refractivity contribution in [2.24, 2.45) is 5.92 Å². The molecular formula is C25H26FIN4O2S. The molecule has 1 aliphatic rings. The molecule has 1 aliphatic heterocycles. The van der Waals surface area contributed by atoms with E-state index < -0.39 is 0 Å². The third-order valence-corrected chi connectivity index (χ3v) is 6.78. The number of fused-ring (bicyclic) bond motifs is 1. The molecule has 1 fully saturated rings. The van der Waals surface area contributed by atoms with Crippen molar-refractivity contribution in [3.05, 3.63) is 48.0 Å². The molecule has 1 saturated heterocycles. The van der Waals surface area contributed by atoms with Crippen LogP contribution in [-0.2, 0) is 0 Å². The smallest absolute Gasteiger partial charge is 0.163 e. The van der Waals surface area contributed by atoms with Crippen molar-refractivity contribution >= 4 is 52.5 Å². The van der Waals surface area contributed by atoms with Crippen LogP contribution >= 0.6 is 30.1 Å². The molecule has 34 heavy (non-hydrogen) atoms. The molecule has 1 N–H and O–H groups in total. The highest BCUT2D eigenvalue weighted by molar-refractivity contribution is 14.2. The Bertz CT molecular complexity index is 1210. The molecule has 1 aromatic heterocycles. The van der Waals surface area contributed by atoms with Crippen LogP contribution in [-0.4, -0.2) is 48.2 Å². The number of likely N-dealkylation sites (tertiary alicyclic amines) is 1. The van der Waals surface area contributed by atoms with Gasteiger partial charge in [0.2, 0.25) is 0 Å². The highest BCUT2D eigenvalue weighted by atomic mass is 127. The van der Waals surface area contributed by atoms with Gasteiger partial charge in [-0.3, -0.25) is 4.90 Å². The van der Waals surface area contributed by atoms with E-state index in [1.807, 2.05) is 25.1 Å². The molecule has 2 aromatic carbocycles. The van der Waals surface area contributed by atoms with Gasteiger partial charge in [0.05, 0.1) is 31.5 Å². The Hall–Kier alpha value is -2.29. The van der Waals surface area contributed by atoms with Gasteiger partial charge in [0.25, 0.3) is 0 Å². The molecule has 0 saturated carbocycles. The Morgan fingerprint density at radius 1 is 1.21 bits per heavy atom. The van der Waals surface area contributed by atoms with E-state index in [4.69, 9.17) is 9.47 Å². The Morgan fingerprint density at radius 3 is 2.76 bits per heavy atom. The molecule has 9 heteroatoms. The minimum atomic E-state index is -0.333. The maximum atomic E-state index is 14.4. The number of aryl methyl sites for hydroxylation is 1. The van der Waals surface area contributed by atoms with Crippen LogP contribution in [0.5, 0.6) is 11.5 Å². The molecule has 0 spiro atoms. The van der Waals surface area contributed by atoms with Gasteiger partial charge in [-0.05, 0) is 76.7 Å². The van der Waals surface area contributed by atoms with Crippen LogP contribution in [0.15, 0.2) is 36.7 Å². The van der Waals surface area contributed by atoms with Gasteiger partial charge in [0, 0.05) is 32.7 Å². The summed E-state index contributed by atoms with van der Waals surface area (Å²) in [6, 6.07) is 8.74. The lowest BCUT2D eigenvalue weighted by atomic mass is 9.98. The number of nitrogens with zero attached hydrogens (tertiary/aromatic N) is 3. The van der Waals surface area contributed by atoms with Gasteiger partial charge >= 0.3 is 0 Å². The molecule has 178 valence electrons. The number of anilines is 2. The fraction of sp³-hybridized carbons (Fsp3) is 0.360. The first-order valence-electron chi connectivity index (χ1n) is 11.0.